The average Bonchev–Trinajstić information content (AvgIpc) is 2.96. The molecule has 0 radical (unpaired) electrons. The molecule has 0 aliphatic carbocycles. The Morgan fingerprint density at radius 1 is 1.38 bits per heavy atom. The van der Waals surface area contributed by atoms with Crippen molar-refractivity contribution in [2.75, 3.05) is 13.1 Å². The zero-order valence-corrected chi connectivity index (χ0v) is 12.5. The lowest BCUT2D eigenvalue weighted by molar-refractivity contribution is 0.116. The molecule has 2 aromatic heterocycles. The molecule has 2 unspecified atom stereocenters. The molecule has 1 aliphatic rings. The van der Waals surface area contributed by atoms with Crippen molar-refractivity contribution >= 4 is 5.78 Å². The third kappa shape index (κ3) is 2.84. The van der Waals surface area contributed by atoms with Gasteiger partial charge < -0.3 is 5.32 Å². The number of nitrogens with zero attached hydrogens (tertiary/aromatic N) is 4. The second kappa shape index (κ2) is 5.95. The van der Waals surface area contributed by atoms with Crippen molar-refractivity contribution in [2.45, 2.75) is 45.3 Å². The topological polar surface area (TPSA) is 78.3 Å². The fraction of sp³-hybridized carbons (Fsp3) is 0.643. The highest BCUT2D eigenvalue weighted by Crippen LogP contribution is 2.14. The van der Waals surface area contributed by atoms with Crippen molar-refractivity contribution in [3.63, 3.8) is 0 Å². The number of aromatic nitrogens is 4. The first-order chi connectivity index (χ1) is 10.2. The van der Waals surface area contributed by atoms with Crippen LogP contribution in [0.1, 0.15) is 32.4 Å². The van der Waals surface area contributed by atoms with E-state index in [0.717, 1.165) is 31.6 Å². The summed E-state index contributed by atoms with van der Waals surface area (Å²) in [6.07, 6.45) is 3.69. The smallest absolute Gasteiger partial charge is 0.274 e. The molecule has 7 heteroatoms. The van der Waals surface area contributed by atoms with Crippen LogP contribution in [0.4, 0.5) is 0 Å². The maximum Gasteiger partial charge on any atom is 0.274 e. The van der Waals surface area contributed by atoms with E-state index in [1.807, 2.05) is 0 Å². The molecule has 0 aromatic carbocycles. The van der Waals surface area contributed by atoms with Gasteiger partial charge >= 0.3 is 0 Å². The molecular weight excluding hydrogens is 268 g/mol. The van der Waals surface area contributed by atoms with Gasteiger partial charge in [-0.25, -0.2) is 9.97 Å². The Balaban J connectivity index is 1.83. The minimum Gasteiger partial charge on any atom is -0.311 e. The van der Waals surface area contributed by atoms with Gasteiger partial charge in [0, 0.05) is 37.8 Å². The van der Waals surface area contributed by atoms with Crippen LogP contribution < -0.4 is 10.9 Å². The zero-order valence-electron chi connectivity index (χ0n) is 12.5. The van der Waals surface area contributed by atoms with Gasteiger partial charge in [-0.1, -0.05) is 13.8 Å². The maximum atomic E-state index is 12.0. The molecule has 0 saturated carbocycles. The van der Waals surface area contributed by atoms with E-state index in [-0.39, 0.29) is 5.56 Å². The molecule has 2 aromatic rings. The van der Waals surface area contributed by atoms with Crippen LogP contribution in [0.3, 0.4) is 0 Å². The van der Waals surface area contributed by atoms with Crippen molar-refractivity contribution < 1.29 is 0 Å². The van der Waals surface area contributed by atoms with E-state index in [2.05, 4.69) is 39.1 Å². The summed E-state index contributed by atoms with van der Waals surface area (Å²) in [6.45, 7) is 7.10. The summed E-state index contributed by atoms with van der Waals surface area (Å²) >= 11 is 0. The van der Waals surface area contributed by atoms with Crippen LogP contribution in [0.25, 0.3) is 5.78 Å². The number of piperazine rings is 1. The number of rotatable bonds is 4. The van der Waals surface area contributed by atoms with Gasteiger partial charge in [-0.2, -0.15) is 4.52 Å². The fourth-order valence-corrected chi connectivity index (χ4v) is 2.96. The predicted octanol–water partition coefficient (Wildman–Crippen LogP) is 0.380. The Bertz CT molecular complexity index is 663. The summed E-state index contributed by atoms with van der Waals surface area (Å²) in [5.74, 6) is 0.438. The summed E-state index contributed by atoms with van der Waals surface area (Å²) in [4.78, 5) is 23.0. The Kier molecular flexibility index (Phi) is 4.03. The van der Waals surface area contributed by atoms with E-state index in [9.17, 15) is 4.79 Å². The lowest BCUT2D eigenvalue weighted by Gasteiger charge is -2.39. The van der Waals surface area contributed by atoms with E-state index in [0.29, 0.717) is 24.4 Å². The maximum absolute atomic E-state index is 12.0. The second-order valence-corrected chi connectivity index (χ2v) is 5.61. The minimum atomic E-state index is -0.109. The molecule has 3 rings (SSSR count). The molecule has 2 N–H and O–H groups in total. The van der Waals surface area contributed by atoms with E-state index in [1.54, 1.807) is 6.07 Å². The molecule has 1 fully saturated rings. The van der Waals surface area contributed by atoms with Crippen molar-refractivity contribution in [3.05, 3.63) is 28.4 Å². The van der Waals surface area contributed by atoms with Crippen molar-refractivity contribution in [1.82, 2.24) is 29.8 Å². The largest absolute Gasteiger partial charge is 0.311 e. The SMILES string of the molecule is CCC1CN(Cc2cc(=O)n3[nH]cnc3n2)C(CC)CN1. The first kappa shape index (κ1) is 14.2. The lowest BCUT2D eigenvalue weighted by atomic mass is 10.0. The van der Waals surface area contributed by atoms with Crippen LogP contribution in [0.15, 0.2) is 17.2 Å². The van der Waals surface area contributed by atoms with Gasteiger partial charge in [0.15, 0.2) is 0 Å². The number of H-pyrrole nitrogens is 1. The summed E-state index contributed by atoms with van der Waals surface area (Å²) < 4.78 is 1.35. The van der Waals surface area contributed by atoms with E-state index >= 15 is 0 Å². The number of nitrogens with one attached hydrogen (secondary N) is 2. The summed E-state index contributed by atoms with van der Waals surface area (Å²) in [5, 5.41) is 6.34. The molecule has 7 nitrogen and oxygen atoms in total. The molecule has 1 saturated heterocycles. The third-order valence-electron chi connectivity index (χ3n) is 4.26. The first-order valence-electron chi connectivity index (χ1n) is 7.60. The predicted molar refractivity (Wildman–Crippen MR) is 80.2 cm³/mol. The highest BCUT2D eigenvalue weighted by atomic mass is 16.1. The highest BCUT2D eigenvalue weighted by molar-refractivity contribution is 5.26. The molecule has 0 amide bonds. The molecular formula is C14H22N6O. The summed E-state index contributed by atoms with van der Waals surface area (Å²) in [6, 6.07) is 2.61. The van der Waals surface area contributed by atoms with Gasteiger partial charge in [0.25, 0.3) is 11.3 Å². The summed E-state index contributed by atoms with van der Waals surface area (Å²) in [7, 11) is 0. The number of hydrogen-bond donors (Lipinski definition) is 2. The molecule has 1 aliphatic heterocycles. The van der Waals surface area contributed by atoms with Gasteiger partial charge in [0.2, 0.25) is 0 Å². The highest BCUT2D eigenvalue weighted by Gasteiger charge is 2.26. The van der Waals surface area contributed by atoms with E-state index < -0.39 is 0 Å². The van der Waals surface area contributed by atoms with Crippen LogP contribution in [-0.4, -0.2) is 49.7 Å². The first-order valence-corrected chi connectivity index (χ1v) is 7.60. The van der Waals surface area contributed by atoms with Crippen molar-refractivity contribution in [1.29, 1.82) is 0 Å². The average molecular weight is 290 g/mol. The molecule has 0 bridgehead atoms. The molecule has 2 atom stereocenters. The molecule has 3 heterocycles. The van der Waals surface area contributed by atoms with Gasteiger partial charge in [-0.15, -0.1) is 0 Å². The quantitative estimate of drug-likeness (QED) is 0.851. The van der Waals surface area contributed by atoms with E-state index in [4.69, 9.17) is 0 Å². The van der Waals surface area contributed by atoms with Gasteiger partial charge in [0.1, 0.15) is 6.33 Å². The normalized spacial score (nSPS) is 23.7. The lowest BCUT2D eigenvalue weighted by Crippen LogP contribution is -2.55. The number of hydrogen-bond acceptors (Lipinski definition) is 5. The van der Waals surface area contributed by atoms with Gasteiger partial charge in [0.05, 0.1) is 5.69 Å². The second-order valence-electron chi connectivity index (χ2n) is 5.61. The molecule has 21 heavy (non-hydrogen) atoms. The van der Waals surface area contributed by atoms with Crippen molar-refractivity contribution in [3.8, 4) is 0 Å². The Morgan fingerprint density at radius 3 is 3.00 bits per heavy atom. The zero-order chi connectivity index (χ0) is 14.8. The Hall–Kier alpha value is -1.73. The van der Waals surface area contributed by atoms with Crippen molar-refractivity contribution in [2.24, 2.45) is 0 Å². The standard InChI is InChI=1S/C14H22N6O/c1-3-10-7-19(12(4-2)6-15-10)8-11-5-13(21)20-14(18-11)16-9-17-20/h5,9-10,12,15H,3-4,6-8H2,1-2H3,(H,16,17,18). The van der Waals surface area contributed by atoms with Gasteiger partial charge in [-0.05, 0) is 12.8 Å². The fourth-order valence-electron chi connectivity index (χ4n) is 2.96. The minimum absolute atomic E-state index is 0.109. The Morgan fingerprint density at radius 2 is 2.24 bits per heavy atom. The van der Waals surface area contributed by atoms with Crippen LogP contribution in [0.5, 0.6) is 0 Å². The van der Waals surface area contributed by atoms with Crippen LogP contribution in [0, 0.1) is 0 Å². The number of aromatic amines is 1. The van der Waals surface area contributed by atoms with Crippen LogP contribution >= 0.6 is 0 Å². The molecule has 114 valence electrons. The number of fused-ring (bicyclic) bond motifs is 1. The van der Waals surface area contributed by atoms with Crippen LogP contribution in [-0.2, 0) is 6.54 Å². The monoisotopic (exact) mass is 290 g/mol. The van der Waals surface area contributed by atoms with Gasteiger partial charge in [-0.3, -0.25) is 14.8 Å². The van der Waals surface area contributed by atoms with E-state index in [1.165, 1.54) is 10.8 Å². The third-order valence-corrected chi connectivity index (χ3v) is 4.26. The molecule has 0 spiro atoms. The van der Waals surface area contributed by atoms with Crippen LogP contribution in [0.2, 0.25) is 0 Å². The Labute approximate surface area is 123 Å². The summed E-state index contributed by atoms with van der Waals surface area (Å²) in [5.41, 5.74) is 0.685.